The van der Waals surface area contributed by atoms with Crippen molar-refractivity contribution in [2.45, 2.75) is 12.5 Å². The van der Waals surface area contributed by atoms with Gasteiger partial charge in [0.2, 0.25) is 5.91 Å². The second-order valence-electron chi connectivity index (χ2n) is 5.24. The quantitative estimate of drug-likeness (QED) is 0.453. The molecule has 138 valence electrons. The van der Waals surface area contributed by atoms with Crippen LogP contribution in [-0.4, -0.2) is 11.9 Å². The predicted molar refractivity (Wildman–Crippen MR) is 107 cm³/mol. The molecule has 1 unspecified atom stereocenters. The smallest absolute Gasteiger partial charge is 0.312 e. The molecule has 0 aliphatic rings. The Bertz CT molecular complexity index is 812. The number of hydrogen-bond acceptors (Lipinski definition) is 3. The molecule has 5 N–H and O–H groups in total. The lowest BCUT2D eigenvalue weighted by Crippen LogP contribution is -2.38. The van der Waals surface area contributed by atoms with E-state index in [1.54, 1.807) is 18.2 Å². The van der Waals surface area contributed by atoms with Crippen LogP contribution >= 0.6 is 50.7 Å². The van der Waals surface area contributed by atoms with E-state index in [1.807, 2.05) is 6.07 Å². The van der Waals surface area contributed by atoms with Gasteiger partial charge in [-0.25, -0.2) is 4.79 Å². The molecule has 0 radical (unpaired) electrons. The molecule has 0 spiro atoms. The van der Waals surface area contributed by atoms with Crippen LogP contribution in [0.2, 0.25) is 15.1 Å². The van der Waals surface area contributed by atoms with Gasteiger partial charge in [0.05, 0.1) is 28.2 Å². The minimum atomic E-state index is -0.737. The second-order valence-corrected chi connectivity index (χ2v) is 7.40. The van der Waals surface area contributed by atoms with Gasteiger partial charge in [-0.15, -0.1) is 0 Å². The summed E-state index contributed by atoms with van der Waals surface area (Å²) in [6.45, 7) is 0. The molecule has 6 nitrogen and oxygen atoms in total. The van der Waals surface area contributed by atoms with E-state index in [0.29, 0.717) is 10.7 Å². The molecule has 2 aromatic carbocycles. The van der Waals surface area contributed by atoms with Crippen LogP contribution in [0.25, 0.3) is 0 Å². The average molecular weight is 481 g/mol. The maximum Gasteiger partial charge on any atom is 0.312 e. The lowest BCUT2D eigenvalue weighted by Gasteiger charge is -2.19. The summed E-state index contributed by atoms with van der Waals surface area (Å²) >= 11 is 21.3. The molecule has 0 heterocycles. The number of nitrogens with two attached hydrogens (primary N) is 1. The first-order chi connectivity index (χ1) is 12.3. The topological polar surface area (TPSA) is 96.2 Å². The molecule has 2 rings (SSSR count). The van der Waals surface area contributed by atoms with Crippen molar-refractivity contribution in [1.29, 1.82) is 0 Å². The summed E-state index contributed by atoms with van der Waals surface area (Å²) in [6, 6.07) is 8.82. The largest absolute Gasteiger partial charge is 0.352 e. The highest BCUT2D eigenvalue weighted by Crippen LogP contribution is 2.33. The summed E-state index contributed by atoms with van der Waals surface area (Å²) in [5.74, 6) is -0.411. The van der Waals surface area contributed by atoms with E-state index in [9.17, 15) is 9.59 Å². The van der Waals surface area contributed by atoms with Crippen molar-refractivity contribution in [2.24, 2.45) is 5.73 Å². The molecule has 0 aliphatic heterocycles. The number of nitrogens with one attached hydrogen (secondary N) is 3. The molecule has 0 bridgehead atoms. The maximum atomic E-state index is 12.3. The average Bonchev–Trinajstić information content (AvgIpc) is 2.52. The van der Waals surface area contributed by atoms with Gasteiger partial charge in [-0.3, -0.25) is 15.6 Å². The number of halogens is 4. The SMILES string of the molecule is NC(=O)NC(CC(=O)NNc1c(Cl)cc(Cl)cc1Cl)c1cccc(Br)c1. The van der Waals surface area contributed by atoms with E-state index in [2.05, 4.69) is 32.1 Å². The van der Waals surface area contributed by atoms with Crippen LogP contribution in [-0.2, 0) is 4.79 Å². The van der Waals surface area contributed by atoms with Crippen molar-refractivity contribution in [2.75, 3.05) is 5.43 Å². The summed E-state index contributed by atoms with van der Waals surface area (Å²) in [7, 11) is 0. The van der Waals surface area contributed by atoms with Gasteiger partial charge in [0.1, 0.15) is 0 Å². The fraction of sp³-hybridized carbons (Fsp3) is 0.125. The number of hydrogen-bond donors (Lipinski definition) is 4. The first-order valence-corrected chi connectivity index (χ1v) is 9.19. The molecule has 3 amide bonds. The van der Waals surface area contributed by atoms with Gasteiger partial charge in [-0.2, -0.15) is 0 Å². The molecule has 26 heavy (non-hydrogen) atoms. The zero-order valence-corrected chi connectivity index (χ0v) is 17.0. The number of amides is 3. The second kappa shape index (κ2) is 9.32. The van der Waals surface area contributed by atoms with Gasteiger partial charge in [-0.1, -0.05) is 62.9 Å². The van der Waals surface area contributed by atoms with Crippen LogP contribution in [0.4, 0.5) is 10.5 Å². The number of urea groups is 1. The van der Waals surface area contributed by atoms with Gasteiger partial charge in [0.25, 0.3) is 0 Å². The first kappa shape index (κ1) is 20.6. The highest BCUT2D eigenvalue weighted by Gasteiger charge is 2.18. The van der Waals surface area contributed by atoms with Crippen LogP contribution in [0, 0.1) is 0 Å². The Morgan fingerprint density at radius 1 is 1.12 bits per heavy atom. The Labute approximate surface area is 173 Å². The standard InChI is InChI=1S/C16H14BrCl3N4O2/c17-9-3-1-2-8(4-9)13(22-16(21)26)7-14(25)23-24-15-11(19)5-10(18)6-12(15)20/h1-6,13,24H,7H2,(H,23,25)(H3,21,22,26). The molecule has 0 aromatic heterocycles. The molecule has 2 aromatic rings. The molecule has 0 aliphatic carbocycles. The fourth-order valence-corrected chi connectivity index (χ4v) is 3.51. The Morgan fingerprint density at radius 2 is 1.77 bits per heavy atom. The van der Waals surface area contributed by atoms with Crippen LogP contribution in [0.1, 0.15) is 18.0 Å². The lowest BCUT2D eigenvalue weighted by atomic mass is 10.0. The van der Waals surface area contributed by atoms with Crippen LogP contribution in [0.3, 0.4) is 0 Å². The van der Waals surface area contributed by atoms with Crippen molar-refractivity contribution >= 4 is 68.4 Å². The number of primary amides is 1. The Kier molecular flexibility index (Phi) is 7.40. The highest BCUT2D eigenvalue weighted by molar-refractivity contribution is 9.10. The third-order valence-electron chi connectivity index (χ3n) is 3.29. The van der Waals surface area contributed by atoms with E-state index >= 15 is 0 Å². The Morgan fingerprint density at radius 3 is 2.35 bits per heavy atom. The van der Waals surface area contributed by atoms with Gasteiger partial charge < -0.3 is 11.1 Å². The molecule has 0 saturated carbocycles. The zero-order valence-electron chi connectivity index (χ0n) is 13.2. The van der Waals surface area contributed by atoms with Crippen molar-refractivity contribution < 1.29 is 9.59 Å². The van der Waals surface area contributed by atoms with Crippen LogP contribution in [0.15, 0.2) is 40.9 Å². The van der Waals surface area contributed by atoms with Crippen molar-refractivity contribution in [1.82, 2.24) is 10.7 Å². The molecule has 1 atom stereocenters. The molecular formula is C16H14BrCl3N4O2. The zero-order chi connectivity index (χ0) is 19.3. The predicted octanol–water partition coefficient (Wildman–Crippen LogP) is 4.65. The number of rotatable bonds is 6. The van der Waals surface area contributed by atoms with Gasteiger partial charge in [-0.05, 0) is 29.8 Å². The normalized spacial score (nSPS) is 11.5. The van der Waals surface area contributed by atoms with Crippen LogP contribution < -0.4 is 21.9 Å². The summed E-state index contributed by atoms with van der Waals surface area (Å²) < 4.78 is 0.810. The monoisotopic (exact) mass is 478 g/mol. The molecular weight excluding hydrogens is 466 g/mol. The lowest BCUT2D eigenvalue weighted by molar-refractivity contribution is -0.121. The number of anilines is 1. The summed E-state index contributed by atoms with van der Waals surface area (Å²) in [5, 5.41) is 3.42. The van der Waals surface area contributed by atoms with E-state index < -0.39 is 18.0 Å². The van der Waals surface area contributed by atoms with E-state index in [4.69, 9.17) is 40.5 Å². The molecule has 0 saturated heterocycles. The summed E-state index contributed by atoms with van der Waals surface area (Å²) in [4.78, 5) is 23.5. The van der Waals surface area contributed by atoms with E-state index in [1.165, 1.54) is 12.1 Å². The minimum Gasteiger partial charge on any atom is -0.352 e. The summed E-state index contributed by atoms with van der Waals surface area (Å²) in [6.07, 6.45) is -0.0603. The Balaban J connectivity index is 2.07. The summed E-state index contributed by atoms with van der Waals surface area (Å²) in [5.41, 5.74) is 11.4. The molecule has 10 heteroatoms. The number of benzene rings is 2. The van der Waals surface area contributed by atoms with E-state index in [0.717, 1.165) is 10.0 Å². The van der Waals surface area contributed by atoms with Crippen molar-refractivity contribution in [3.05, 3.63) is 61.5 Å². The van der Waals surface area contributed by atoms with Gasteiger partial charge in [0.15, 0.2) is 0 Å². The minimum absolute atomic E-state index is 0.0603. The molecule has 0 fully saturated rings. The number of carbonyl (C=O) groups is 2. The number of hydrazine groups is 1. The van der Waals surface area contributed by atoms with Crippen molar-refractivity contribution in [3.8, 4) is 0 Å². The fourth-order valence-electron chi connectivity index (χ4n) is 2.18. The number of carbonyl (C=O) groups excluding carboxylic acids is 2. The van der Waals surface area contributed by atoms with Gasteiger partial charge in [0, 0.05) is 9.50 Å². The third-order valence-corrected chi connectivity index (χ3v) is 4.60. The van der Waals surface area contributed by atoms with E-state index in [-0.39, 0.29) is 16.5 Å². The maximum absolute atomic E-state index is 12.3. The van der Waals surface area contributed by atoms with Crippen LogP contribution in [0.5, 0.6) is 0 Å². The van der Waals surface area contributed by atoms with Gasteiger partial charge >= 0.3 is 6.03 Å². The third kappa shape index (κ3) is 5.95. The highest BCUT2D eigenvalue weighted by atomic mass is 79.9. The first-order valence-electron chi connectivity index (χ1n) is 7.27. The Hall–Kier alpha value is -1.67. The van der Waals surface area contributed by atoms with Crippen molar-refractivity contribution in [3.63, 3.8) is 0 Å².